The Morgan fingerprint density at radius 3 is 2.86 bits per heavy atom. The molecule has 2 rings (SSSR count). The van der Waals surface area contributed by atoms with E-state index in [1.807, 2.05) is 6.07 Å². The van der Waals surface area contributed by atoms with Crippen LogP contribution in [-0.2, 0) is 6.54 Å². The minimum absolute atomic E-state index is 0.206. The Morgan fingerprint density at radius 1 is 1.33 bits per heavy atom. The Morgan fingerprint density at radius 2 is 2.14 bits per heavy atom. The van der Waals surface area contributed by atoms with E-state index in [-0.39, 0.29) is 12.4 Å². The zero-order chi connectivity index (χ0) is 15.2. The molecule has 1 fully saturated rings. The predicted octanol–water partition coefficient (Wildman–Crippen LogP) is 1.70. The largest absolute Gasteiger partial charge is 0.384 e. The minimum atomic E-state index is -0.268. The molecule has 1 heterocycles. The molecule has 21 heavy (non-hydrogen) atoms. The maximum Gasteiger partial charge on any atom is 0.124 e. The summed E-state index contributed by atoms with van der Waals surface area (Å²) in [4.78, 5) is 4.76. The summed E-state index contributed by atoms with van der Waals surface area (Å²) in [6.07, 6.45) is 1.13. The first-order valence-corrected chi connectivity index (χ1v) is 7.44. The van der Waals surface area contributed by atoms with Gasteiger partial charge in [0.15, 0.2) is 0 Å². The first-order valence-electron chi connectivity index (χ1n) is 7.44. The van der Waals surface area contributed by atoms with Crippen LogP contribution in [-0.4, -0.2) is 54.2 Å². The van der Waals surface area contributed by atoms with E-state index in [2.05, 4.69) is 35.6 Å². The second-order valence-electron chi connectivity index (χ2n) is 5.59. The van der Waals surface area contributed by atoms with E-state index in [4.69, 9.17) is 5.11 Å². The van der Waals surface area contributed by atoms with Crippen LogP contribution >= 0.6 is 0 Å². The van der Waals surface area contributed by atoms with Gasteiger partial charge in [-0.2, -0.15) is 0 Å². The van der Waals surface area contributed by atoms with Crippen LogP contribution < -0.4 is 0 Å². The zero-order valence-electron chi connectivity index (χ0n) is 12.8. The van der Waals surface area contributed by atoms with Gasteiger partial charge in [-0.05, 0) is 37.2 Å². The number of piperazine rings is 1. The third-order valence-corrected chi connectivity index (χ3v) is 4.01. The number of benzene rings is 1. The highest BCUT2D eigenvalue weighted by Gasteiger charge is 2.22. The molecule has 114 valence electrons. The van der Waals surface area contributed by atoms with Crippen molar-refractivity contribution in [1.82, 2.24) is 9.80 Å². The summed E-state index contributed by atoms with van der Waals surface area (Å²) < 4.78 is 13.7. The van der Waals surface area contributed by atoms with Crippen molar-refractivity contribution in [3.63, 3.8) is 0 Å². The van der Waals surface area contributed by atoms with Crippen molar-refractivity contribution in [3.8, 4) is 11.8 Å². The van der Waals surface area contributed by atoms with E-state index >= 15 is 0 Å². The molecule has 0 radical (unpaired) electrons. The van der Waals surface area contributed by atoms with Crippen LogP contribution in [0.2, 0.25) is 0 Å². The molecule has 1 unspecified atom stereocenters. The van der Waals surface area contributed by atoms with Gasteiger partial charge in [0.05, 0.1) is 0 Å². The summed E-state index contributed by atoms with van der Waals surface area (Å²) in [5.41, 5.74) is 1.57. The lowest BCUT2D eigenvalue weighted by Crippen LogP contribution is -2.50. The molecular formula is C17H23FN2O. The van der Waals surface area contributed by atoms with Crippen LogP contribution in [0.5, 0.6) is 0 Å². The smallest absolute Gasteiger partial charge is 0.124 e. The second kappa shape index (κ2) is 7.56. The molecule has 1 aliphatic rings. The third kappa shape index (κ3) is 4.53. The molecule has 1 aliphatic heterocycles. The van der Waals surface area contributed by atoms with Crippen LogP contribution in [0.25, 0.3) is 0 Å². The SMILES string of the molecule is CCC1CN(Cc2cc(F)cc(C#CCO)c2)CCN1C. The van der Waals surface area contributed by atoms with Gasteiger partial charge in [0.1, 0.15) is 12.4 Å². The number of aliphatic hydroxyl groups is 1. The van der Waals surface area contributed by atoms with Crippen molar-refractivity contribution in [3.05, 3.63) is 35.1 Å². The van der Waals surface area contributed by atoms with E-state index < -0.39 is 0 Å². The number of hydrogen-bond donors (Lipinski definition) is 1. The normalized spacial score (nSPS) is 20.1. The molecule has 0 spiro atoms. The highest BCUT2D eigenvalue weighted by Crippen LogP contribution is 2.16. The van der Waals surface area contributed by atoms with Crippen molar-refractivity contribution < 1.29 is 9.50 Å². The number of rotatable bonds is 3. The first kappa shape index (κ1) is 16.0. The minimum Gasteiger partial charge on any atom is -0.384 e. The molecule has 1 atom stereocenters. The Labute approximate surface area is 126 Å². The first-order chi connectivity index (χ1) is 10.1. The molecule has 3 nitrogen and oxygen atoms in total. The Hall–Kier alpha value is -1.41. The van der Waals surface area contributed by atoms with Crippen LogP contribution in [0.1, 0.15) is 24.5 Å². The molecule has 0 aromatic heterocycles. The molecule has 0 bridgehead atoms. The number of hydrogen-bond acceptors (Lipinski definition) is 3. The van der Waals surface area contributed by atoms with E-state index in [0.717, 1.165) is 38.2 Å². The van der Waals surface area contributed by atoms with Gasteiger partial charge < -0.3 is 10.0 Å². The van der Waals surface area contributed by atoms with Gasteiger partial charge in [0.25, 0.3) is 0 Å². The zero-order valence-corrected chi connectivity index (χ0v) is 12.8. The van der Waals surface area contributed by atoms with Crippen molar-refractivity contribution >= 4 is 0 Å². The van der Waals surface area contributed by atoms with Crippen molar-refractivity contribution in [2.45, 2.75) is 25.9 Å². The van der Waals surface area contributed by atoms with E-state index in [1.54, 1.807) is 6.07 Å². The lowest BCUT2D eigenvalue weighted by molar-refractivity contribution is 0.0883. The van der Waals surface area contributed by atoms with Crippen molar-refractivity contribution in [1.29, 1.82) is 0 Å². The number of halogens is 1. The van der Waals surface area contributed by atoms with Gasteiger partial charge in [0.2, 0.25) is 0 Å². The molecule has 0 saturated carbocycles. The quantitative estimate of drug-likeness (QED) is 0.858. The highest BCUT2D eigenvalue weighted by atomic mass is 19.1. The van der Waals surface area contributed by atoms with Crippen molar-refractivity contribution in [2.24, 2.45) is 0 Å². The van der Waals surface area contributed by atoms with Crippen LogP contribution in [0.15, 0.2) is 18.2 Å². The van der Waals surface area contributed by atoms with E-state index in [0.29, 0.717) is 11.6 Å². The Kier molecular flexibility index (Phi) is 5.75. The maximum absolute atomic E-state index is 13.7. The molecule has 0 aliphatic carbocycles. The van der Waals surface area contributed by atoms with E-state index in [9.17, 15) is 4.39 Å². The summed E-state index contributed by atoms with van der Waals surface area (Å²) in [6, 6.07) is 5.46. The highest BCUT2D eigenvalue weighted by molar-refractivity contribution is 5.37. The number of likely N-dealkylation sites (N-methyl/N-ethyl adjacent to an activating group) is 1. The average molecular weight is 290 g/mol. The summed E-state index contributed by atoms with van der Waals surface area (Å²) in [7, 11) is 2.16. The fourth-order valence-corrected chi connectivity index (χ4v) is 2.81. The molecule has 1 saturated heterocycles. The van der Waals surface area contributed by atoms with Gasteiger partial charge in [-0.25, -0.2) is 4.39 Å². The molecule has 1 aromatic carbocycles. The van der Waals surface area contributed by atoms with Crippen molar-refractivity contribution in [2.75, 3.05) is 33.3 Å². The Balaban J connectivity index is 2.07. The van der Waals surface area contributed by atoms with Gasteiger partial charge in [-0.15, -0.1) is 0 Å². The fourth-order valence-electron chi connectivity index (χ4n) is 2.81. The van der Waals surface area contributed by atoms with Gasteiger partial charge >= 0.3 is 0 Å². The molecule has 4 heteroatoms. The molecule has 1 aromatic rings. The summed E-state index contributed by atoms with van der Waals surface area (Å²) >= 11 is 0. The maximum atomic E-state index is 13.7. The molecule has 1 N–H and O–H groups in total. The third-order valence-electron chi connectivity index (χ3n) is 4.01. The van der Waals surface area contributed by atoms with Gasteiger partial charge in [0, 0.05) is 37.8 Å². The van der Waals surface area contributed by atoms with Gasteiger partial charge in [-0.3, -0.25) is 4.90 Å². The second-order valence-corrected chi connectivity index (χ2v) is 5.59. The van der Waals surface area contributed by atoms with Crippen LogP contribution in [0, 0.1) is 17.7 Å². The molecular weight excluding hydrogens is 267 g/mol. The lowest BCUT2D eigenvalue weighted by Gasteiger charge is -2.39. The lowest BCUT2D eigenvalue weighted by atomic mass is 10.1. The predicted molar refractivity (Wildman–Crippen MR) is 82.3 cm³/mol. The number of nitrogens with zero attached hydrogens (tertiary/aromatic N) is 2. The Bertz CT molecular complexity index is 535. The molecule has 0 amide bonds. The topological polar surface area (TPSA) is 26.7 Å². The van der Waals surface area contributed by atoms with Crippen LogP contribution in [0.4, 0.5) is 4.39 Å². The standard InChI is InChI=1S/C17H23FN2O/c1-3-17-13-20(7-6-19(17)2)12-15-9-14(5-4-8-21)10-16(18)11-15/h9-11,17,21H,3,6-8,12-13H2,1-2H3. The fraction of sp³-hybridized carbons (Fsp3) is 0.529. The average Bonchev–Trinajstić information content (AvgIpc) is 2.46. The van der Waals surface area contributed by atoms with E-state index in [1.165, 1.54) is 6.07 Å². The number of aliphatic hydroxyl groups excluding tert-OH is 1. The summed E-state index contributed by atoms with van der Waals surface area (Å²) in [5, 5.41) is 8.73. The van der Waals surface area contributed by atoms with Crippen LogP contribution in [0.3, 0.4) is 0 Å². The summed E-state index contributed by atoms with van der Waals surface area (Å²) in [6.45, 7) is 5.81. The van der Waals surface area contributed by atoms with Gasteiger partial charge in [-0.1, -0.05) is 18.8 Å². The summed E-state index contributed by atoms with van der Waals surface area (Å²) in [5.74, 6) is 5.07. The monoisotopic (exact) mass is 290 g/mol.